The molecule has 1 aromatic heterocycles. The third-order valence-corrected chi connectivity index (χ3v) is 3.15. The van der Waals surface area contributed by atoms with E-state index in [2.05, 4.69) is 0 Å². The zero-order chi connectivity index (χ0) is 14.8. The number of aryl methyl sites for hydroxylation is 1. The molecule has 0 radical (unpaired) electrons. The van der Waals surface area contributed by atoms with Crippen LogP contribution in [0.3, 0.4) is 0 Å². The van der Waals surface area contributed by atoms with Crippen LogP contribution in [0.15, 0.2) is 18.5 Å². The molecule has 112 valence electrons. The van der Waals surface area contributed by atoms with E-state index in [-0.39, 0.29) is 11.8 Å². The third kappa shape index (κ3) is 6.04. The van der Waals surface area contributed by atoms with Gasteiger partial charge >= 0.3 is 5.97 Å². The Balaban J connectivity index is 2.19. The Kier molecular flexibility index (Phi) is 7.70. The zero-order valence-corrected chi connectivity index (χ0v) is 12.6. The average molecular weight is 279 g/mol. The standard InChI is InChI=1S/C16H25NO3/c1-3-8-15(18)14-10-12-17(13-14)11-7-5-6-9-16(19)20-4-2/h10,12-13H,3-9,11H2,1-2H3. The number of nitrogens with zero attached hydrogens (tertiary/aromatic N) is 1. The number of carbonyl (C=O) groups excluding carboxylic acids is 2. The highest BCUT2D eigenvalue weighted by atomic mass is 16.5. The van der Waals surface area contributed by atoms with E-state index in [4.69, 9.17) is 4.74 Å². The molecular formula is C16H25NO3. The van der Waals surface area contributed by atoms with Crippen LogP contribution in [0.4, 0.5) is 0 Å². The molecule has 0 bridgehead atoms. The van der Waals surface area contributed by atoms with Crippen LogP contribution >= 0.6 is 0 Å². The molecule has 0 N–H and O–H groups in total. The molecule has 0 fully saturated rings. The number of hydrogen-bond donors (Lipinski definition) is 0. The Morgan fingerprint density at radius 1 is 1.15 bits per heavy atom. The maximum absolute atomic E-state index is 11.7. The van der Waals surface area contributed by atoms with Crippen molar-refractivity contribution in [1.29, 1.82) is 0 Å². The number of carbonyl (C=O) groups is 2. The molecule has 0 aromatic carbocycles. The average Bonchev–Trinajstić information content (AvgIpc) is 2.88. The van der Waals surface area contributed by atoms with Gasteiger partial charge in [-0.25, -0.2) is 0 Å². The third-order valence-electron chi connectivity index (χ3n) is 3.15. The minimum atomic E-state index is -0.110. The Labute approximate surface area is 121 Å². The summed E-state index contributed by atoms with van der Waals surface area (Å²) in [6.07, 6.45) is 8.74. The van der Waals surface area contributed by atoms with Crippen molar-refractivity contribution in [3.63, 3.8) is 0 Å². The van der Waals surface area contributed by atoms with Crippen LogP contribution in [0.5, 0.6) is 0 Å². The zero-order valence-electron chi connectivity index (χ0n) is 12.6. The first kappa shape index (κ1) is 16.5. The van der Waals surface area contributed by atoms with Crippen LogP contribution in [-0.2, 0) is 16.1 Å². The number of aromatic nitrogens is 1. The number of unbranched alkanes of at least 4 members (excludes halogenated alkanes) is 2. The van der Waals surface area contributed by atoms with Crippen molar-refractivity contribution in [3.05, 3.63) is 24.0 Å². The first-order valence-electron chi connectivity index (χ1n) is 7.52. The van der Waals surface area contributed by atoms with Crippen molar-refractivity contribution in [2.75, 3.05) is 6.61 Å². The topological polar surface area (TPSA) is 48.3 Å². The number of ketones is 1. The molecule has 0 saturated carbocycles. The Morgan fingerprint density at radius 2 is 1.95 bits per heavy atom. The highest BCUT2D eigenvalue weighted by Crippen LogP contribution is 2.09. The quantitative estimate of drug-likeness (QED) is 0.373. The molecule has 0 aliphatic carbocycles. The van der Waals surface area contributed by atoms with Gasteiger partial charge in [-0.05, 0) is 32.3 Å². The van der Waals surface area contributed by atoms with Crippen LogP contribution in [0, 0.1) is 0 Å². The van der Waals surface area contributed by atoms with Crippen molar-refractivity contribution in [2.24, 2.45) is 0 Å². The van der Waals surface area contributed by atoms with Gasteiger partial charge in [0.05, 0.1) is 6.61 Å². The number of hydrogen-bond acceptors (Lipinski definition) is 3. The summed E-state index contributed by atoms with van der Waals surface area (Å²) in [6, 6.07) is 1.89. The van der Waals surface area contributed by atoms with Gasteiger partial charge in [-0.2, -0.15) is 0 Å². The number of Topliss-reactive ketones (excluding diaryl/α,β-unsaturated/α-hetero) is 1. The number of ether oxygens (including phenoxy) is 1. The molecule has 0 saturated heterocycles. The van der Waals surface area contributed by atoms with Gasteiger partial charge in [0.1, 0.15) is 0 Å². The van der Waals surface area contributed by atoms with Crippen LogP contribution in [0.2, 0.25) is 0 Å². The molecule has 4 nitrogen and oxygen atoms in total. The molecule has 0 amide bonds. The predicted molar refractivity (Wildman–Crippen MR) is 78.8 cm³/mol. The lowest BCUT2D eigenvalue weighted by atomic mass is 10.1. The fourth-order valence-corrected chi connectivity index (χ4v) is 2.09. The fraction of sp³-hybridized carbons (Fsp3) is 0.625. The molecule has 4 heteroatoms. The lowest BCUT2D eigenvalue weighted by molar-refractivity contribution is -0.143. The Morgan fingerprint density at radius 3 is 2.65 bits per heavy atom. The SMILES string of the molecule is CCCC(=O)c1ccn(CCCCCC(=O)OCC)c1. The minimum Gasteiger partial charge on any atom is -0.466 e. The number of esters is 1. The van der Waals surface area contributed by atoms with E-state index in [0.717, 1.165) is 37.8 Å². The summed E-state index contributed by atoms with van der Waals surface area (Å²) in [4.78, 5) is 22.9. The lowest BCUT2D eigenvalue weighted by Gasteiger charge is -2.03. The van der Waals surface area contributed by atoms with Crippen molar-refractivity contribution in [2.45, 2.75) is 58.9 Å². The van der Waals surface area contributed by atoms with Crippen molar-refractivity contribution in [1.82, 2.24) is 4.57 Å². The van der Waals surface area contributed by atoms with Crippen LogP contribution in [-0.4, -0.2) is 22.9 Å². The minimum absolute atomic E-state index is 0.110. The molecule has 20 heavy (non-hydrogen) atoms. The molecule has 1 heterocycles. The largest absolute Gasteiger partial charge is 0.466 e. The molecular weight excluding hydrogens is 254 g/mol. The predicted octanol–water partition coefficient (Wildman–Crippen LogP) is 3.59. The van der Waals surface area contributed by atoms with Crippen molar-refractivity contribution in [3.8, 4) is 0 Å². The molecule has 0 aliphatic heterocycles. The van der Waals surface area contributed by atoms with E-state index in [9.17, 15) is 9.59 Å². The molecule has 0 aliphatic rings. The normalized spacial score (nSPS) is 10.5. The van der Waals surface area contributed by atoms with Crippen LogP contribution in [0.1, 0.15) is 62.7 Å². The second-order valence-electron chi connectivity index (χ2n) is 4.93. The highest BCUT2D eigenvalue weighted by molar-refractivity contribution is 5.95. The summed E-state index contributed by atoms with van der Waals surface area (Å²) in [5, 5.41) is 0. The smallest absolute Gasteiger partial charge is 0.305 e. The number of rotatable bonds is 10. The van der Waals surface area contributed by atoms with Gasteiger partial charge in [0.25, 0.3) is 0 Å². The maximum Gasteiger partial charge on any atom is 0.305 e. The summed E-state index contributed by atoms with van der Waals surface area (Å²) < 4.78 is 6.93. The molecule has 1 rings (SSSR count). The highest BCUT2D eigenvalue weighted by Gasteiger charge is 2.06. The summed E-state index contributed by atoms with van der Waals surface area (Å²) in [6.45, 7) is 5.18. The first-order valence-corrected chi connectivity index (χ1v) is 7.52. The fourth-order valence-electron chi connectivity index (χ4n) is 2.09. The van der Waals surface area contributed by atoms with Crippen LogP contribution < -0.4 is 0 Å². The van der Waals surface area contributed by atoms with E-state index in [0.29, 0.717) is 19.4 Å². The van der Waals surface area contributed by atoms with Crippen molar-refractivity contribution < 1.29 is 14.3 Å². The van der Waals surface area contributed by atoms with Gasteiger partial charge in [0.15, 0.2) is 5.78 Å². The van der Waals surface area contributed by atoms with E-state index in [1.54, 1.807) is 0 Å². The molecule has 0 spiro atoms. The Bertz CT molecular complexity index is 423. The van der Waals surface area contributed by atoms with Gasteiger partial charge in [0.2, 0.25) is 0 Å². The van der Waals surface area contributed by atoms with Gasteiger partial charge in [-0.15, -0.1) is 0 Å². The second kappa shape index (κ2) is 9.34. The molecule has 1 aromatic rings. The lowest BCUT2D eigenvalue weighted by Crippen LogP contribution is -2.03. The first-order chi connectivity index (χ1) is 9.67. The van der Waals surface area contributed by atoms with E-state index in [1.807, 2.05) is 36.9 Å². The Hall–Kier alpha value is -1.58. The van der Waals surface area contributed by atoms with Gasteiger partial charge < -0.3 is 9.30 Å². The second-order valence-corrected chi connectivity index (χ2v) is 4.93. The van der Waals surface area contributed by atoms with Gasteiger partial charge in [-0.3, -0.25) is 9.59 Å². The molecule has 0 unspecified atom stereocenters. The van der Waals surface area contributed by atoms with E-state index in [1.165, 1.54) is 0 Å². The van der Waals surface area contributed by atoms with Crippen LogP contribution in [0.25, 0.3) is 0 Å². The van der Waals surface area contributed by atoms with Crippen molar-refractivity contribution >= 4 is 11.8 Å². The summed E-state index contributed by atoms with van der Waals surface area (Å²) in [7, 11) is 0. The summed E-state index contributed by atoms with van der Waals surface area (Å²) in [5.74, 6) is 0.106. The van der Waals surface area contributed by atoms with E-state index < -0.39 is 0 Å². The maximum atomic E-state index is 11.7. The summed E-state index contributed by atoms with van der Waals surface area (Å²) >= 11 is 0. The monoisotopic (exact) mass is 279 g/mol. The molecule has 0 atom stereocenters. The van der Waals surface area contributed by atoms with E-state index >= 15 is 0 Å². The van der Waals surface area contributed by atoms with Gasteiger partial charge in [-0.1, -0.05) is 13.3 Å². The summed E-state index contributed by atoms with van der Waals surface area (Å²) in [5.41, 5.74) is 0.804. The van der Waals surface area contributed by atoms with Gasteiger partial charge in [0, 0.05) is 37.3 Å².